The van der Waals surface area contributed by atoms with Crippen molar-refractivity contribution in [1.82, 2.24) is 15.1 Å². The van der Waals surface area contributed by atoms with Gasteiger partial charge in [0.1, 0.15) is 0 Å². The Hall–Kier alpha value is -0.120. The summed E-state index contributed by atoms with van der Waals surface area (Å²) in [6.07, 6.45) is 6.85. The molecule has 2 rings (SSSR count). The van der Waals surface area contributed by atoms with Gasteiger partial charge in [0.2, 0.25) is 0 Å². The quantitative estimate of drug-likeness (QED) is 0.826. The largest absolute Gasteiger partial charge is 0.313 e. The molecule has 0 bridgehead atoms. The van der Waals surface area contributed by atoms with E-state index in [-0.39, 0.29) is 0 Å². The maximum Gasteiger partial charge on any atom is 0.0195 e. The van der Waals surface area contributed by atoms with Crippen molar-refractivity contribution in [3.63, 3.8) is 0 Å². The van der Waals surface area contributed by atoms with Gasteiger partial charge in [-0.05, 0) is 59.3 Å². The van der Waals surface area contributed by atoms with Gasteiger partial charge in [0.05, 0.1) is 0 Å². The monoisotopic (exact) mass is 253 g/mol. The summed E-state index contributed by atoms with van der Waals surface area (Å²) in [5.74, 6) is 0. The highest BCUT2D eigenvalue weighted by Crippen LogP contribution is 2.21. The molecule has 2 aliphatic heterocycles. The van der Waals surface area contributed by atoms with Gasteiger partial charge in [0.15, 0.2) is 0 Å². The predicted molar refractivity (Wildman–Crippen MR) is 78.0 cm³/mol. The number of rotatable bonds is 4. The maximum absolute atomic E-state index is 3.69. The molecule has 3 atom stereocenters. The fraction of sp³-hybridized carbons (Fsp3) is 1.00. The fourth-order valence-electron chi connectivity index (χ4n) is 3.50. The Morgan fingerprint density at radius 1 is 1.28 bits per heavy atom. The highest BCUT2D eigenvalue weighted by atomic mass is 15.2. The van der Waals surface area contributed by atoms with Crippen LogP contribution in [0, 0.1) is 0 Å². The smallest absolute Gasteiger partial charge is 0.0195 e. The lowest BCUT2D eigenvalue weighted by atomic mass is 9.96. The minimum absolute atomic E-state index is 0.744. The second-order valence-corrected chi connectivity index (χ2v) is 6.24. The van der Waals surface area contributed by atoms with Crippen LogP contribution in [-0.2, 0) is 0 Å². The van der Waals surface area contributed by atoms with E-state index in [2.05, 4.69) is 36.0 Å². The zero-order valence-electron chi connectivity index (χ0n) is 12.5. The summed E-state index contributed by atoms with van der Waals surface area (Å²) in [6, 6.07) is 2.30. The molecule has 2 saturated heterocycles. The zero-order chi connectivity index (χ0) is 13.0. The number of nitrogens with one attached hydrogen (secondary N) is 1. The summed E-state index contributed by atoms with van der Waals surface area (Å²) in [6.45, 7) is 9.66. The summed E-state index contributed by atoms with van der Waals surface area (Å²) in [5, 5.41) is 3.69. The third kappa shape index (κ3) is 3.69. The van der Waals surface area contributed by atoms with Crippen molar-refractivity contribution in [2.24, 2.45) is 0 Å². The summed E-state index contributed by atoms with van der Waals surface area (Å²) in [4.78, 5) is 5.23. The van der Waals surface area contributed by atoms with Crippen molar-refractivity contribution < 1.29 is 0 Å². The van der Waals surface area contributed by atoms with E-state index in [9.17, 15) is 0 Å². The number of hydrogen-bond acceptors (Lipinski definition) is 3. The molecular formula is C15H31N3. The number of likely N-dealkylation sites (N-methyl/N-ethyl adjacent to an activating group) is 1. The van der Waals surface area contributed by atoms with Gasteiger partial charge in [-0.3, -0.25) is 4.90 Å². The predicted octanol–water partition coefficient (Wildman–Crippen LogP) is 1.93. The van der Waals surface area contributed by atoms with E-state index in [0.29, 0.717) is 0 Å². The molecule has 3 nitrogen and oxygen atoms in total. The molecule has 2 fully saturated rings. The van der Waals surface area contributed by atoms with E-state index in [4.69, 9.17) is 0 Å². The van der Waals surface area contributed by atoms with Crippen LogP contribution in [0.3, 0.4) is 0 Å². The van der Waals surface area contributed by atoms with Crippen LogP contribution in [0.15, 0.2) is 0 Å². The standard InChI is InChI=1S/C15H31N3/c1-4-18(12-14-7-5-6-9-16-14)15-8-10-17(3)13(2)11-15/h13-16H,4-12H2,1-3H3. The van der Waals surface area contributed by atoms with E-state index in [1.807, 2.05) is 0 Å². The minimum Gasteiger partial charge on any atom is -0.313 e. The second kappa shape index (κ2) is 6.88. The third-order valence-electron chi connectivity index (χ3n) is 4.97. The summed E-state index contributed by atoms with van der Waals surface area (Å²) >= 11 is 0. The molecule has 0 radical (unpaired) electrons. The van der Waals surface area contributed by atoms with Crippen molar-refractivity contribution in [3.8, 4) is 0 Å². The molecule has 3 heteroatoms. The first-order valence-electron chi connectivity index (χ1n) is 7.88. The molecule has 2 aliphatic rings. The molecule has 0 amide bonds. The van der Waals surface area contributed by atoms with Gasteiger partial charge < -0.3 is 10.2 Å². The lowest BCUT2D eigenvalue weighted by Crippen LogP contribution is -2.51. The van der Waals surface area contributed by atoms with Gasteiger partial charge in [0, 0.05) is 24.7 Å². The summed E-state index contributed by atoms with van der Waals surface area (Å²) < 4.78 is 0. The SMILES string of the molecule is CCN(CC1CCCCN1)C1CCN(C)C(C)C1. The van der Waals surface area contributed by atoms with E-state index in [1.54, 1.807) is 0 Å². The lowest BCUT2D eigenvalue weighted by molar-refractivity contribution is 0.0817. The Kier molecular flexibility index (Phi) is 5.46. The van der Waals surface area contributed by atoms with E-state index < -0.39 is 0 Å². The first-order chi connectivity index (χ1) is 8.70. The highest BCUT2D eigenvalue weighted by Gasteiger charge is 2.28. The van der Waals surface area contributed by atoms with Crippen LogP contribution in [-0.4, -0.2) is 61.2 Å². The van der Waals surface area contributed by atoms with Crippen molar-refractivity contribution in [2.45, 2.75) is 64.1 Å². The lowest BCUT2D eigenvalue weighted by Gasteiger charge is -2.42. The first-order valence-corrected chi connectivity index (χ1v) is 7.88. The van der Waals surface area contributed by atoms with Crippen LogP contribution in [0.2, 0.25) is 0 Å². The van der Waals surface area contributed by atoms with E-state index >= 15 is 0 Å². The summed E-state index contributed by atoms with van der Waals surface area (Å²) in [5.41, 5.74) is 0. The fourth-order valence-corrected chi connectivity index (χ4v) is 3.50. The molecule has 0 spiro atoms. The molecule has 106 valence electrons. The Balaban J connectivity index is 1.83. The van der Waals surface area contributed by atoms with Crippen LogP contribution < -0.4 is 5.32 Å². The molecule has 0 saturated carbocycles. The molecule has 0 aromatic rings. The van der Waals surface area contributed by atoms with Gasteiger partial charge in [0.25, 0.3) is 0 Å². The molecule has 0 aliphatic carbocycles. The molecule has 18 heavy (non-hydrogen) atoms. The molecule has 0 aromatic heterocycles. The van der Waals surface area contributed by atoms with Crippen LogP contribution in [0.5, 0.6) is 0 Å². The number of piperidine rings is 2. The third-order valence-corrected chi connectivity index (χ3v) is 4.97. The minimum atomic E-state index is 0.744. The van der Waals surface area contributed by atoms with Gasteiger partial charge in [-0.25, -0.2) is 0 Å². The van der Waals surface area contributed by atoms with Gasteiger partial charge in [-0.1, -0.05) is 13.3 Å². The van der Waals surface area contributed by atoms with Crippen molar-refractivity contribution >= 4 is 0 Å². The maximum atomic E-state index is 3.69. The van der Waals surface area contributed by atoms with Crippen molar-refractivity contribution in [1.29, 1.82) is 0 Å². The van der Waals surface area contributed by atoms with E-state index in [1.165, 1.54) is 58.3 Å². The average molecular weight is 253 g/mol. The van der Waals surface area contributed by atoms with Gasteiger partial charge >= 0.3 is 0 Å². The van der Waals surface area contributed by atoms with Crippen LogP contribution in [0.25, 0.3) is 0 Å². The van der Waals surface area contributed by atoms with Crippen molar-refractivity contribution in [2.75, 3.05) is 33.2 Å². The number of nitrogens with zero attached hydrogens (tertiary/aromatic N) is 2. The molecule has 3 unspecified atom stereocenters. The Labute approximate surface area is 113 Å². The molecule has 2 heterocycles. The number of likely N-dealkylation sites (tertiary alicyclic amines) is 1. The Morgan fingerprint density at radius 3 is 2.72 bits per heavy atom. The van der Waals surface area contributed by atoms with Gasteiger partial charge in [-0.15, -0.1) is 0 Å². The second-order valence-electron chi connectivity index (χ2n) is 6.24. The van der Waals surface area contributed by atoms with Crippen LogP contribution in [0.4, 0.5) is 0 Å². The normalized spacial score (nSPS) is 35.0. The topological polar surface area (TPSA) is 18.5 Å². The first kappa shape index (κ1) is 14.3. The van der Waals surface area contributed by atoms with E-state index in [0.717, 1.165) is 18.1 Å². The molecule has 0 aromatic carbocycles. The highest BCUT2D eigenvalue weighted by molar-refractivity contribution is 4.85. The zero-order valence-corrected chi connectivity index (χ0v) is 12.5. The van der Waals surface area contributed by atoms with Crippen molar-refractivity contribution in [3.05, 3.63) is 0 Å². The molecular weight excluding hydrogens is 222 g/mol. The Morgan fingerprint density at radius 2 is 2.11 bits per heavy atom. The summed E-state index contributed by atoms with van der Waals surface area (Å²) in [7, 11) is 2.26. The average Bonchev–Trinajstić information content (AvgIpc) is 2.40. The van der Waals surface area contributed by atoms with Crippen LogP contribution in [0.1, 0.15) is 46.0 Å². The molecule has 1 N–H and O–H groups in total. The Bertz CT molecular complexity index is 238. The van der Waals surface area contributed by atoms with Crippen LogP contribution >= 0.6 is 0 Å². The number of hydrogen-bond donors (Lipinski definition) is 1. The van der Waals surface area contributed by atoms with Gasteiger partial charge in [-0.2, -0.15) is 0 Å².